The number of fused-ring (bicyclic) bond motifs is 2. The van der Waals surface area contributed by atoms with Crippen LogP contribution in [0.4, 0.5) is 0 Å². The van der Waals surface area contributed by atoms with E-state index in [1.807, 2.05) is 43.3 Å². The van der Waals surface area contributed by atoms with Crippen LogP contribution < -0.4 is 20.3 Å². The smallest absolute Gasteiger partial charge is 0.269 e. The van der Waals surface area contributed by atoms with Gasteiger partial charge in [0, 0.05) is 0 Å². The molecule has 1 N–H and O–H groups in total. The molecule has 0 saturated heterocycles. The van der Waals surface area contributed by atoms with E-state index in [2.05, 4.69) is 10.3 Å². The molecule has 1 aromatic heterocycles. The second-order valence-corrected chi connectivity index (χ2v) is 6.60. The monoisotopic (exact) mass is 379 g/mol. The number of para-hydroxylation sites is 2. The summed E-state index contributed by atoms with van der Waals surface area (Å²) in [5.41, 5.74) is 1.94. The Balaban J connectivity index is 1.54. The summed E-state index contributed by atoms with van der Waals surface area (Å²) in [5, 5.41) is 3.01. The van der Waals surface area contributed by atoms with Crippen LogP contribution in [0.3, 0.4) is 0 Å². The fraction of sp³-hybridized carbons (Fsp3) is 0.286. The number of nitrogens with zero attached hydrogens (tertiary/aromatic N) is 2. The van der Waals surface area contributed by atoms with Gasteiger partial charge in [0.15, 0.2) is 11.5 Å². The van der Waals surface area contributed by atoms with Crippen LogP contribution in [0.2, 0.25) is 0 Å². The Morgan fingerprint density at radius 1 is 1.18 bits per heavy atom. The van der Waals surface area contributed by atoms with Crippen molar-refractivity contribution in [3.63, 3.8) is 0 Å². The van der Waals surface area contributed by atoms with E-state index >= 15 is 0 Å². The van der Waals surface area contributed by atoms with Crippen molar-refractivity contribution in [3.8, 4) is 11.5 Å². The number of carbonyl (C=O) groups is 1. The number of hydrogen-bond acceptors (Lipinski definition) is 5. The second-order valence-electron chi connectivity index (χ2n) is 6.60. The first kappa shape index (κ1) is 18.0. The van der Waals surface area contributed by atoms with Crippen LogP contribution in [0.1, 0.15) is 24.9 Å². The molecule has 0 spiro atoms. The molecule has 1 aliphatic rings. The Bertz CT molecular complexity index is 1080. The number of benzene rings is 2. The largest absolute Gasteiger partial charge is 0.486 e. The lowest BCUT2D eigenvalue weighted by Gasteiger charge is -2.22. The predicted molar refractivity (Wildman–Crippen MR) is 105 cm³/mol. The fourth-order valence-corrected chi connectivity index (χ4v) is 3.36. The molecule has 4 rings (SSSR count). The maximum atomic E-state index is 12.7. The Kier molecular flexibility index (Phi) is 4.97. The van der Waals surface area contributed by atoms with Crippen LogP contribution >= 0.6 is 0 Å². The quantitative estimate of drug-likeness (QED) is 0.736. The number of ether oxygens (including phenoxy) is 2. The van der Waals surface area contributed by atoms with Gasteiger partial charge in [-0.15, -0.1) is 0 Å². The zero-order valence-electron chi connectivity index (χ0n) is 15.6. The lowest BCUT2D eigenvalue weighted by atomic mass is 10.0. The van der Waals surface area contributed by atoms with Gasteiger partial charge in [0.25, 0.3) is 5.56 Å². The summed E-state index contributed by atoms with van der Waals surface area (Å²) < 4.78 is 12.6. The van der Waals surface area contributed by atoms with E-state index in [0.29, 0.717) is 42.2 Å². The second kappa shape index (κ2) is 7.72. The third-order valence-electron chi connectivity index (χ3n) is 4.77. The summed E-state index contributed by atoms with van der Waals surface area (Å²) in [5.74, 6) is 1.17. The number of carbonyl (C=O) groups excluding carboxylic acids is 1. The summed E-state index contributed by atoms with van der Waals surface area (Å²) in [7, 11) is 0. The van der Waals surface area contributed by atoms with Gasteiger partial charge in [-0.2, -0.15) is 0 Å². The minimum atomic E-state index is -0.304. The van der Waals surface area contributed by atoms with E-state index in [1.54, 1.807) is 6.07 Å². The van der Waals surface area contributed by atoms with E-state index in [0.717, 1.165) is 5.56 Å². The van der Waals surface area contributed by atoms with Crippen molar-refractivity contribution in [1.29, 1.82) is 0 Å². The first-order valence-corrected chi connectivity index (χ1v) is 9.29. The lowest BCUT2D eigenvalue weighted by Crippen LogP contribution is -2.34. The fourth-order valence-electron chi connectivity index (χ4n) is 3.36. The maximum Gasteiger partial charge on any atom is 0.269 e. The molecule has 0 bridgehead atoms. The van der Waals surface area contributed by atoms with Gasteiger partial charge in [-0.05, 0) is 36.2 Å². The average Bonchev–Trinajstić information content (AvgIpc) is 2.73. The first-order valence-electron chi connectivity index (χ1n) is 9.29. The van der Waals surface area contributed by atoms with E-state index in [9.17, 15) is 9.59 Å². The average molecular weight is 379 g/mol. The van der Waals surface area contributed by atoms with Gasteiger partial charge in [-0.25, -0.2) is 4.98 Å². The Hall–Kier alpha value is -3.35. The Labute approximate surface area is 161 Å². The van der Waals surface area contributed by atoms with Gasteiger partial charge in [-0.1, -0.05) is 25.1 Å². The molecular weight excluding hydrogens is 358 g/mol. The third kappa shape index (κ3) is 3.55. The predicted octanol–water partition coefficient (Wildman–Crippen LogP) is 2.44. The van der Waals surface area contributed by atoms with Gasteiger partial charge in [-0.3, -0.25) is 14.2 Å². The van der Waals surface area contributed by atoms with Crippen molar-refractivity contribution in [1.82, 2.24) is 14.9 Å². The zero-order valence-corrected chi connectivity index (χ0v) is 15.6. The lowest BCUT2D eigenvalue weighted by molar-refractivity contribution is -0.122. The number of aromatic nitrogens is 2. The van der Waals surface area contributed by atoms with Crippen molar-refractivity contribution in [2.24, 2.45) is 0 Å². The van der Waals surface area contributed by atoms with Crippen LogP contribution in [-0.4, -0.2) is 28.7 Å². The minimum Gasteiger partial charge on any atom is -0.486 e. The molecular formula is C21H21N3O4. The van der Waals surface area contributed by atoms with Crippen LogP contribution in [-0.2, 0) is 11.3 Å². The highest BCUT2D eigenvalue weighted by molar-refractivity contribution is 5.80. The normalized spacial score (nSPS) is 13.9. The van der Waals surface area contributed by atoms with Crippen LogP contribution in [0.15, 0.2) is 53.5 Å². The van der Waals surface area contributed by atoms with Gasteiger partial charge < -0.3 is 14.8 Å². The minimum absolute atomic E-state index is 0.0665. The standard InChI is InChI=1S/C21H21N3O4/c1-2-15(14-7-8-18-19(11-14)28-10-9-27-18)23-20(25)13-24-17-6-4-3-5-16(17)22-12-21(24)26/h3-8,11-12,15H,2,9-10,13H2,1H3,(H,23,25). The van der Waals surface area contributed by atoms with Gasteiger partial charge >= 0.3 is 0 Å². The number of amides is 1. The molecule has 1 amide bonds. The summed E-state index contributed by atoms with van der Waals surface area (Å²) in [6.45, 7) is 2.98. The SMILES string of the molecule is CCC(NC(=O)Cn1c(=O)cnc2ccccc21)c1ccc2c(c1)OCCO2. The molecule has 2 heterocycles. The van der Waals surface area contributed by atoms with Crippen molar-refractivity contribution < 1.29 is 14.3 Å². The van der Waals surface area contributed by atoms with Crippen LogP contribution in [0.25, 0.3) is 11.0 Å². The zero-order chi connectivity index (χ0) is 19.5. The molecule has 28 heavy (non-hydrogen) atoms. The summed E-state index contributed by atoms with van der Waals surface area (Å²) in [6, 6.07) is 12.8. The van der Waals surface area contributed by atoms with Crippen molar-refractivity contribution >= 4 is 16.9 Å². The molecule has 2 aromatic carbocycles. The molecule has 7 nitrogen and oxygen atoms in total. The summed E-state index contributed by atoms with van der Waals surface area (Å²) >= 11 is 0. The molecule has 3 aromatic rings. The van der Waals surface area contributed by atoms with E-state index < -0.39 is 0 Å². The number of rotatable bonds is 5. The van der Waals surface area contributed by atoms with E-state index in [-0.39, 0.29) is 24.1 Å². The molecule has 0 radical (unpaired) electrons. The molecule has 144 valence electrons. The van der Waals surface area contributed by atoms with Crippen LogP contribution in [0.5, 0.6) is 11.5 Å². The van der Waals surface area contributed by atoms with Crippen molar-refractivity contribution in [2.75, 3.05) is 13.2 Å². The summed E-state index contributed by atoms with van der Waals surface area (Å²) in [6.07, 6.45) is 1.95. The van der Waals surface area contributed by atoms with E-state index in [4.69, 9.17) is 9.47 Å². The van der Waals surface area contributed by atoms with Gasteiger partial charge in [0.1, 0.15) is 19.8 Å². The third-order valence-corrected chi connectivity index (χ3v) is 4.77. The van der Waals surface area contributed by atoms with Crippen molar-refractivity contribution in [3.05, 3.63) is 64.6 Å². The molecule has 7 heteroatoms. The molecule has 1 atom stereocenters. The number of nitrogens with one attached hydrogen (secondary N) is 1. The maximum absolute atomic E-state index is 12.7. The van der Waals surface area contributed by atoms with Gasteiger partial charge in [0.05, 0.1) is 23.3 Å². The van der Waals surface area contributed by atoms with Crippen molar-refractivity contribution in [2.45, 2.75) is 25.9 Å². The Morgan fingerprint density at radius 2 is 1.96 bits per heavy atom. The van der Waals surface area contributed by atoms with E-state index in [1.165, 1.54) is 10.8 Å². The molecule has 0 saturated carbocycles. The molecule has 0 fully saturated rings. The highest BCUT2D eigenvalue weighted by Gasteiger charge is 2.18. The van der Waals surface area contributed by atoms with Gasteiger partial charge in [0.2, 0.25) is 5.91 Å². The molecule has 1 aliphatic heterocycles. The highest BCUT2D eigenvalue weighted by atomic mass is 16.6. The molecule has 1 unspecified atom stereocenters. The first-order chi connectivity index (χ1) is 13.7. The topological polar surface area (TPSA) is 82.5 Å². The Morgan fingerprint density at radius 3 is 2.79 bits per heavy atom. The highest BCUT2D eigenvalue weighted by Crippen LogP contribution is 2.33. The number of hydrogen-bond donors (Lipinski definition) is 1. The van der Waals surface area contributed by atoms with Crippen LogP contribution in [0, 0.1) is 0 Å². The molecule has 0 aliphatic carbocycles. The summed E-state index contributed by atoms with van der Waals surface area (Å²) in [4.78, 5) is 29.1.